The molecule has 0 aliphatic carbocycles. The molecule has 1 amide bonds. The van der Waals surface area contributed by atoms with Gasteiger partial charge in [0.1, 0.15) is 10.4 Å². The maximum Gasteiger partial charge on any atom is 0.260 e. The molecule has 1 saturated heterocycles. The van der Waals surface area contributed by atoms with Crippen LogP contribution in [-0.2, 0) is 0 Å². The Labute approximate surface area is 142 Å². The minimum Gasteiger partial charge on any atom is -0.365 e. The summed E-state index contributed by atoms with van der Waals surface area (Å²) in [6, 6.07) is 4.28. The molecule has 3 aromatic rings. The highest BCUT2D eigenvalue weighted by atomic mass is 32.1. The van der Waals surface area contributed by atoms with Crippen LogP contribution in [-0.4, -0.2) is 38.1 Å². The molecule has 8 nitrogen and oxygen atoms in total. The highest BCUT2D eigenvalue weighted by Crippen LogP contribution is 2.28. The minimum atomic E-state index is -0.484. The predicted molar refractivity (Wildman–Crippen MR) is 92.9 cm³/mol. The van der Waals surface area contributed by atoms with Crippen LogP contribution in [0.5, 0.6) is 0 Å². The SMILES string of the molecule is C[C@H]1CCCN1c1nc(Nc2ncc(C(N)=O)s2)c2cccn2n1. The summed E-state index contributed by atoms with van der Waals surface area (Å²) in [5, 5.41) is 8.37. The van der Waals surface area contributed by atoms with Gasteiger partial charge in [-0.15, -0.1) is 5.10 Å². The van der Waals surface area contributed by atoms with Gasteiger partial charge in [-0.3, -0.25) is 4.79 Å². The van der Waals surface area contributed by atoms with Crippen molar-refractivity contribution in [1.82, 2.24) is 19.6 Å². The number of hydrogen-bond acceptors (Lipinski definition) is 7. The van der Waals surface area contributed by atoms with Crippen molar-refractivity contribution in [1.29, 1.82) is 0 Å². The molecule has 0 aromatic carbocycles. The fourth-order valence-electron chi connectivity index (χ4n) is 2.91. The molecule has 3 N–H and O–H groups in total. The van der Waals surface area contributed by atoms with Crippen LogP contribution in [0.3, 0.4) is 0 Å². The van der Waals surface area contributed by atoms with Gasteiger partial charge < -0.3 is 16.0 Å². The fourth-order valence-corrected chi connectivity index (χ4v) is 3.58. The van der Waals surface area contributed by atoms with Crippen molar-refractivity contribution < 1.29 is 4.79 Å². The summed E-state index contributed by atoms with van der Waals surface area (Å²) in [4.78, 5) is 22.7. The van der Waals surface area contributed by atoms with Crippen LogP contribution in [0.1, 0.15) is 29.4 Å². The molecule has 1 fully saturated rings. The first-order valence-corrected chi connectivity index (χ1v) is 8.58. The van der Waals surface area contributed by atoms with E-state index in [0.717, 1.165) is 24.9 Å². The second-order valence-electron chi connectivity index (χ2n) is 5.80. The Morgan fingerprint density at radius 1 is 1.50 bits per heavy atom. The number of thiazole rings is 1. The number of nitrogens with zero attached hydrogens (tertiary/aromatic N) is 5. The van der Waals surface area contributed by atoms with Gasteiger partial charge in [0.05, 0.1) is 6.20 Å². The van der Waals surface area contributed by atoms with Crippen molar-refractivity contribution in [2.45, 2.75) is 25.8 Å². The van der Waals surface area contributed by atoms with Crippen molar-refractivity contribution >= 4 is 39.7 Å². The lowest BCUT2D eigenvalue weighted by Crippen LogP contribution is -2.29. The number of fused-ring (bicyclic) bond motifs is 1. The molecule has 124 valence electrons. The van der Waals surface area contributed by atoms with Gasteiger partial charge in [-0.05, 0) is 31.9 Å². The van der Waals surface area contributed by atoms with Crippen molar-refractivity contribution in [3.05, 3.63) is 29.4 Å². The maximum absolute atomic E-state index is 11.2. The Hall–Kier alpha value is -2.68. The second-order valence-corrected chi connectivity index (χ2v) is 6.83. The van der Waals surface area contributed by atoms with Gasteiger partial charge in [-0.2, -0.15) is 4.98 Å². The van der Waals surface area contributed by atoms with E-state index in [-0.39, 0.29) is 0 Å². The number of carbonyl (C=O) groups excluding carboxylic acids is 1. The first-order valence-electron chi connectivity index (χ1n) is 7.76. The molecule has 0 spiro atoms. The Kier molecular flexibility index (Phi) is 3.57. The number of nitrogens with two attached hydrogens (primary N) is 1. The van der Waals surface area contributed by atoms with E-state index in [9.17, 15) is 4.79 Å². The molecule has 0 radical (unpaired) electrons. The molecule has 24 heavy (non-hydrogen) atoms. The average molecular weight is 343 g/mol. The Bertz CT molecular complexity index is 902. The summed E-state index contributed by atoms with van der Waals surface area (Å²) >= 11 is 1.21. The molecule has 4 rings (SSSR count). The summed E-state index contributed by atoms with van der Waals surface area (Å²) in [6.07, 6.45) is 5.65. The van der Waals surface area contributed by atoms with Crippen molar-refractivity contribution in [3.63, 3.8) is 0 Å². The number of carbonyl (C=O) groups is 1. The smallest absolute Gasteiger partial charge is 0.260 e. The zero-order valence-electron chi connectivity index (χ0n) is 13.1. The third-order valence-corrected chi connectivity index (χ3v) is 5.09. The number of amides is 1. The molecule has 3 aromatic heterocycles. The molecule has 1 atom stereocenters. The second kappa shape index (κ2) is 5.75. The van der Waals surface area contributed by atoms with E-state index in [0.29, 0.717) is 27.8 Å². The van der Waals surface area contributed by atoms with E-state index in [1.165, 1.54) is 17.5 Å². The van der Waals surface area contributed by atoms with Gasteiger partial charge in [-0.1, -0.05) is 11.3 Å². The highest BCUT2D eigenvalue weighted by molar-refractivity contribution is 7.17. The lowest BCUT2D eigenvalue weighted by atomic mass is 10.2. The summed E-state index contributed by atoms with van der Waals surface area (Å²) in [6.45, 7) is 3.14. The maximum atomic E-state index is 11.2. The molecule has 1 aliphatic heterocycles. The minimum absolute atomic E-state index is 0.409. The molecular formula is C15H17N7OS. The van der Waals surface area contributed by atoms with Gasteiger partial charge in [0.2, 0.25) is 5.95 Å². The normalized spacial score (nSPS) is 17.5. The fraction of sp³-hybridized carbons (Fsp3) is 0.333. The largest absolute Gasteiger partial charge is 0.365 e. The van der Waals surface area contributed by atoms with E-state index >= 15 is 0 Å². The van der Waals surface area contributed by atoms with Gasteiger partial charge in [0, 0.05) is 18.8 Å². The van der Waals surface area contributed by atoms with Gasteiger partial charge in [-0.25, -0.2) is 9.50 Å². The lowest BCUT2D eigenvalue weighted by Gasteiger charge is -2.21. The standard InChI is InChI=1S/C15H17N7OS/c1-9-4-2-6-21(9)14-18-13(10-5-3-7-22(10)20-14)19-15-17-8-11(24-15)12(16)23/h3,5,7-9H,2,4,6H2,1H3,(H2,16,23)(H,17,18,19,20)/t9-/m0/s1. The Morgan fingerprint density at radius 2 is 2.38 bits per heavy atom. The topological polar surface area (TPSA) is 101 Å². The summed E-state index contributed by atoms with van der Waals surface area (Å²) in [5.41, 5.74) is 6.13. The third kappa shape index (κ3) is 2.56. The summed E-state index contributed by atoms with van der Waals surface area (Å²) < 4.78 is 1.80. The first-order chi connectivity index (χ1) is 11.6. The van der Waals surface area contributed by atoms with Crippen LogP contribution >= 0.6 is 11.3 Å². The van der Waals surface area contributed by atoms with Crippen molar-refractivity contribution in [2.75, 3.05) is 16.8 Å². The zero-order valence-corrected chi connectivity index (χ0v) is 14.0. The number of rotatable bonds is 4. The van der Waals surface area contributed by atoms with Crippen LogP contribution in [0, 0.1) is 0 Å². The number of primary amides is 1. The van der Waals surface area contributed by atoms with E-state index in [4.69, 9.17) is 5.73 Å². The summed E-state index contributed by atoms with van der Waals surface area (Å²) in [7, 11) is 0. The molecule has 1 aliphatic rings. The van der Waals surface area contributed by atoms with Crippen LogP contribution in [0.25, 0.3) is 5.52 Å². The lowest BCUT2D eigenvalue weighted by molar-refractivity contribution is 0.100. The van der Waals surface area contributed by atoms with Crippen molar-refractivity contribution in [2.24, 2.45) is 5.73 Å². The molecule has 0 bridgehead atoms. The van der Waals surface area contributed by atoms with Gasteiger partial charge in [0.15, 0.2) is 10.9 Å². The van der Waals surface area contributed by atoms with Crippen LogP contribution in [0.4, 0.5) is 16.9 Å². The highest BCUT2D eigenvalue weighted by Gasteiger charge is 2.24. The molecule has 4 heterocycles. The van der Waals surface area contributed by atoms with E-state index in [2.05, 4.69) is 32.2 Å². The zero-order chi connectivity index (χ0) is 16.7. The predicted octanol–water partition coefficient (Wildman–Crippen LogP) is 2.02. The van der Waals surface area contributed by atoms with Crippen LogP contribution < -0.4 is 16.0 Å². The van der Waals surface area contributed by atoms with E-state index < -0.39 is 5.91 Å². The van der Waals surface area contributed by atoms with Gasteiger partial charge in [0.25, 0.3) is 5.91 Å². The van der Waals surface area contributed by atoms with E-state index in [1.807, 2.05) is 18.3 Å². The van der Waals surface area contributed by atoms with Crippen LogP contribution in [0.2, 0.25) is 0 Å². The van der Waals surface area contributed by atoms with E-state index in [1.54, 1.807) is 4.52 Å². The molecule has 0 unspecified atom stereocenters. The average Bonchev–Trinajstić information content (AvgIpc) is 3.26. The van der Waals surface area contributed by atoms with Crippen molar-refractivity contribution in [3.8, 4) is 0 Å². The number of aromatic nitrogens is 4. The van der Waals surface area contributed by atoms with Gasteiger partial charge >= 0.3 is 0 Å². The quantitative estimate of drug-likeness (QED) is 0.751. The Balaban J connectivity index is 1.72. The molecule has 0 saturated carbocycles. The Morgan fingerprint density at radius 3 is 3.08 bits per heavy atom. The summed E-state index contributed by atoms with van der Waals surface area (Å²) in [5.74, 6) is 0.870. The number of hydrogen-bond donors (Lipinski definition) is 2. The molecular weight excluding hydrogens is 326 g/mol. The molecule has 9 heteroatoms. The first kappa shape index (κ1) is 14.9. The number of anilines is 3. The van der Waals surface area contributed by atoms with Crippen LogP contribution in [0.15, 0.2) is 24.5 Å². The third-order valence-electron chi connectivity index (χ3n) is 4.16. The number of nitrogens with one attached hydrogen (secondary N) is 1. The monoisotopic (exact) mass is 343 g/mol.